The Morgan fingerprint density at radius 2 is 2.16 bits per heavy atom. The second-order valence-electron chi connectivity index (χ2n) is 5.27. The van der Waals surface area contributed by atoms with Crippen LogP contribution in [-0.4, -0.2) is 59.9 Å². The van der Waals surface area contributed by atoms with E-state index in [1.807, 2.05) is 0 Å². The zero-order valence-electron chi connectivity index (χ0n) is 10.9. The van der Waals surface area contributed by atoms with Crippen molar-refractivity contribution < 1.29 is 19.8 Å². The van der Waals surface area contributed by atoms with E-state index in [2.05, 4.69) is 5.16 Å². The number of hydrogen-bond acceptors (Lipinski definition) is 5. The van der Waals surface area contributed by atoms with Crippen molar-refractivity contribution in [3.63, 3.8) is 0 Å². The van der Waals surface area contributed by atoms with Gasteiger partial charge >= 0.3 is 0 Å². The first-order chi connectivity index (χ1) is 9.14. The summed E-state index contributed by atoms with van der Waals surface area (Å²) in [6, 6.07) is 0. The topological polar surface area (TPSA) is 108 Å². The molecule has 1 amide bonds. The van der Waals surface area contributed by atoms with Gasteiger partial charge in [-0.05, 0) is 19.3 Å². The van der Waals surface area contributed by atoms with Gasteiger partial charge < -0.3 is 25.7 Å². The molecule has 0 saturated carbocycles. The summed E-state index contributed by atoms with van der Waals surface area (Å²) in [6.07, 6.45) is 1.66. The van der Waals surface area contributed by atoms with Crippen LogP contribution in [-0.2, 0) is 9.53 Å². The highest BCUT2D eigenvalue weighted by atomic mass is 16.5. The summed E-state index contributed by atoms with van der Waals surface area (Å²) in [6.45, 7) is 2.10. The van der Waals surface area contributed by atoms with E-state index >= 15 is 0 Å². The van der Waals surface area contributed by atoms with Gasteiger partial charge in [-0.3, -0.25) is 4.79 Å². The van der Waals surface area contributed by atoms with Crippen molar-refractivity contribution in [2.24, 2.45) is 22.2 Å². The van der Waals surface area contributed by atoms with E-state index in [0.717, 1.165) is 6.42 Å². The van der Waals surface area contributed by atoms with Crippen LogP contribution in [0.25, 0.3) is 0 Å². The number of hydrogen-bond donors (Lipinski definition) is 3. The van der Waals surface area contributed by atoms with Crippen molar-refractivity contribution in [1.82, 2.24) is 4.90 Å². The van der Waals surface area contributed by atoms with E-state index in [-0.39, 0.29) is 24.3 Å². The summed E-state index contributed by atoms with van der Waals surface area (Å²) < 4.78 is 5.27. The number of ether oxygens (including phenoxy) is 1. The molecule has 2 aliphatic heterocycles. The Kier molecular flexibility index (Phi) is 4.26. The molecule has 0 aromatic heterocycles. The van der Waals surface area contributed by atoms with Crippen molar-refractivity contribution in [3.05, 3.63) is 0 Å². The number of carbonyl (C=O) groups excluding carboxylic acids is 1. The van der Waals surface area contributed by atoms with E-state index in [1.54, 1.807) is 4.90 Å². The number of carbonyl (C=O) groups is 1. The Bertz CT molecular complexity index is 366. The summed E-state index contributed by atoms with van der Waals surface area (Å²) in [5.41, 5.74) is 4.82. The van der Waals surface area contributed by atoms with Crippen molar-refractivity contribution in [2.45, 2.75) is 19.3 Å². The molecule has 2 aliphatic rings. The number of amidine groups is 1. The molecule has 7 heteroatoms. The molecule has 0 aromatic carbocycles. The number of amides is 1. The van der Waals surface area contributed by atoms with Gasteiger partial charge in [0.25, 0.3) is 0 Å². The Morgan fingerprint density at radius 1 is 1.47 bits per heavy atom. The molecule has 2 saturated heterocycles. The highest BCUT2D eigenvalue weighted by Crippen LogP contribution is 2.34. The maximum Gasteiger partial charge on any atom is 0.236 e. The van der Waals surface area contributed by atoms with Crippen molar-refractivity contribution >= 4 is 11.7 Å². The van der Waals surface area contributed by atoms with Crippen LogP contribution in [0, 0.1) is 11.3 Å². The minimum Gasteiger partial charge on any atom is -0.409 e. The maximum absolute atomic E-state index is 12.7. The minimum atomic E-state index is -0.947. The molecule has 19 heavy (non-hydrogen) atoms. The molecule has 0 bridgehead atoms. The van der Waals surface area contributed by atoms with Gasteiger partial charge in [0.15, 0.2) is 5.84 Å². The molecule has 7 nitrogen and oxygen atoms in total. The molecule has 0 aliphatic carbocycles. The summed E-state index contributed by atoms with van der Waals surface area (Å²) in [7, 11) is 0. The Balaban J connectivity index is 2.17. The third-order valence-corrected chi connectivity index (χ3v) is 4.19. The Labute approximate surface area is 112 Å². The second-order valence-corrected chi connectivity index (χ2v) is 5.27. The number of likely N-dealkylation sites (tertiary alicyclic amines) is 1. The molecule has 0 radical (unpaired) electrons. The fourth-order valence-electron chi connectivity index (χ4n) is 2.86. The molecule has 2 rings (SSSR count). The van der Waals surface area contributed by atoms with E-state index in [1.165, 1.54) is 0 Å². The summed E-state index contributed by atoms with van der Waals surface area (Å²) in [4.78, 5) is 14.4. The van der Waals surface area contributed by atoms with E-state index in [0.29, 0.717) is 39.1 Å². The van der Waals surface area contributed by atoms with Gasteiger partial charge in [-0.1, -0.05) is 5.16 Å². The number of nitrogens with zero attached hydrogens (tertiary/aromatic N) is 2. The third kappa shape index (κ3) is 2.52. The van der Waals surface area contributed by atoms with E-state index in [4.69, 9.17) is 20.8 Å². The third-order valence-electron chi connectivity index (χ3n) is 4.19. The maximum atomic E-state index is 12.7. The van der Waals surface area contributed by atoms with Crippen LogP contribution in [0.1, 0.15) is 19.3 Å². The SMILES string of the molecule is NC(=NO)C1(C(=O)N2CCC(CO)C2)CCOCC1. The van der Waals surface area contributed by atoms with Crippen LogP contribution in [0.15, 0.2) is 5.16 Å². The van der Waals surface area contributed by atoms with Crippen LogP contribution in [0.2, 0.25) is 0 Å². The van der Waals surface area contributed by atoms with Crippen LogP contribution < -0.4 is 5.73 Å². The average molecular weight is 271 g/mol. The molecule has 4 N–H and O–H groups in total. The lowest BCUT2D eigenvalue weighted by atomic mass is 9.77. The normalized spacial score (nSPS) is 27.5. The van der Waals surface area contributed by atoms with Gasteiger partial charge in [-0.2, -0.15) is 0 Å². The first-order valence-corrected chi connectivity index (χ1v) is 6.60. The van der Waals surface area contributed by atoms with Crippen LogP contribution in [0.4, 0.5) is 0 Å². The van der Waals surface area contributed by atoms with Gasteiger partial charge in [0, 0.05) is 38.8 Å². The first-order valence-electron chi connectivity index (χ1n) is 6.60. The monoisotopic (exact) mass is 271 g/mol. The number of oxime groups is 1. The zero-order chi connectivity index (χ0) is 13.9. The van der Waals surface area contributed by atoms with Gasteiger partial charge in [-0.25, -0.2) is 0 Å². The van der Waals surface area contributed by atoms with E-state index in [9.17, 15) is 4.79 Å². The van der Waals surface area contributed by atoms with Gasteiger partial charge in [0.2, 0.25) is 5.91 Å². The number of nitrogens with two attached hydrogens (primary N) is 1. The second kappa shape index (κ2) is 5.75. The summed E-state index contributed by atoms with van der Waals surface area (Å²) in [5.74, 6) is -0.0107. The lowest BCUT2D eigenvalue weighted by Gasteiger charge is -2.37. The lowest BCUT2D eigenvalue weighted by molar-refractivity contribution is -0.141. The molecule has 0 aromatic rings. The predicted molar refractivity (Wildman–Crippen MR) is 67.7 cm³/mol. The fourth-order valence-corrected chi connectivity index (χ4v) is 2.86. The van der Waals surface area contributed by atoms with Gasteiger partial charge in [-0.15, -0.1) is 0 Å². The van der Waals surface area contributed by atoms with Gasteiger partial charge in [0.1, 0.15) is 5.41 Å². The standard InChI is InChI=1S/C12H21N3O4/c13-10(14-18)12(2-5-19-6-3-12)11(17)15-4-1-9(7-15)8-16/h9,16,18H,1-8H2,(H2,13,14). The molecule has 2 heterocycles. The molecular weight excluding hydrogens is 250 g/mol. The van der Waals surface area contributed by atoms with Gasteiger partial charge in [0.05, 0.1) is 0 Å². The fraction of sp³-hybridized carbons (Fsp3) is 0.833. The van der Waals surface area contributed by atoms with Crippen LogP contribution in [0.5, 0.6) is 0 Å². The highest BCUT2D eigenvalue weighted by Gasteiger charge is 2.47. The van der Waals surface area contributed by atoms with Crippen LogP contribution in [0.3, 0.4) is 0 Å². The average Bonchev–Trinajstić information content (AvgIpc) is 2.95. The number of aliphatic hydroxyl groups excluding tert-OH is 1. The van der Waals surface area contributed by atoms with Crippen molar-refractivity contribution in [1.29, 1.82) is 0 Å². The summed E-state index contributed by atoms with van der Waals surface area (Å²) in [5, 5.41) is 21.2. The minimum absolute atomic E-state index is 0.0340. The Morgan fingerprint density at radius 3 is 2.68 bits per heavy atom. The Hall–Kier alpha value is -1.34. The molecule has 1 unspecified atom stereocenters. The number of rotatable bonds is 3. The van der Waals surface area contributed by atoms with Crippen molar-refractivity contribution in [3.8, 4) is 0 Å². The molecule has 0 spiro atoms. The molecular formula is C12H21N3O4. The van der Waals surface area contributed by atoms with E-state index < -0.39 is 5.41 Å². The smallest absolute Gasteiger partial charge is 0.236 e. The predicted octanol–water partition coefficient (Wildman–Crippen LogP) is -0.630. The molecule has 2 fully saturated rings. The zero-order valence-corrected chi connectivity index (χ0v) is 10.9. The lowest BCUT2D eigenvalue weighted by Crippen LogP contribution is -2.53. The van der Waals surface area contributed by atoms with Crippen molar-refractivity contribution in [2.75, 3.05) is 32.9 Å². The summed E-state index contributed by atoms with van der Waals surface area (Å²) >= 11 is 0. The highest BCUT2D eigenvalue weighted by molar-refractivity contribution is 6.06. The number of aliphatic hydroxyl groups is 1. The van der Waals surface area contributed by atoms with Crippen LogP contribution >= 0.6 is 0 Å². The first kappa shape index (κ1) is 14.1. The molecule has 108 valence electrons. The largest absolute Gasteiger partial charge is 0.409 e. The quantitative estimate of drug-likeness (QED) is 0.274. The molecule has 1 atom stereocenters.